The highest BCUT2D eigenvalue weighted by molar-refractivity contribution is 5.44. The van der Waals surface area contributed by atoms with Gasteiger partial charge < -0.3 is 0 Å². The Bertz CT molecular complexity index is 275. The quantitative estimate of drug-likeness (QED) is 0.458. The average molecular weight is 191 g/mol. The van der Waals surface area contributed by atoms with Crippen molar-refractivity contribution in [1.82, 2.24) is 0 Å². The summed E-state index contributed by atoms with van der Waals surface area (Å²) in [7, 11) is 0. The number of nitrogens with zero attached hydrogens (tertiary/aromatic N) is 1. The van der Waals surface area contributed by atoms with Crippen LogP contribution in [0.3, 0.4) is 0 Å². The predicted octanol–water partition coefficient (Wildman–Crippen LogP) is 4.13. The fourth-order valence-electron chi connectivity index (χ4n) is 1.18. The lowest BCUT2D eigenvalue weighted by Gasteiger charge is -2.06. The first-order valence-electron chi connectivity index (χ1n) is 4.72. The molecule has 0 aliphatic rings. The maximum Gasteiger partial charge on any atom is 0.114 e. The highest BCUT2D eigenvalue weighted by Crippen LogP contribution is 2.20. The van der Waals surface area contributed by atoms with E-state index in [4.69, 9.17) is 0 Å². The Morgan fingerprint density at radius 2 is 2.14 bits per heavy atom. The highest BCUT2D eigenvalue weighted by atomic mass is 16.3. The van der Waals surface area contributed by atoms with E-state index < -0.39 is 0 Å². The molecule has 0 radical (unpaired) electrons. The molecule has 0 aliphatic heterocycles. The highest BCUT2D eigenvalue weighted by Gasteiger charge is 2.04. The van der Waals surface area contributed by atoms with E-state index in [1.807, 2.05) is 19.1 Å². The Balaban J connectivity index is 5.09. The van der Waals surface area contributed by atoms with Gasteiger partial charge >= 0.3 is 0 Å². The molecule has 0 aromatic carbocycles. The summed E-state index contributed by atoms with van der Waals surface area (Å²) in [6.45, 7) is 11.4. The molecule has 0 fully saturated rings. The Kier molecular flexibility index (Phi) is 6.29. The monoisotopic (exact) mass is 191 g/mol. The minimum atomic E-state index is 0.363. The smallest absolute Gasteiger partial charge is 0.114 e. The van der Waals surface area contributed by atoms with Gasteiger partial charge in [0.25, 0.3) is 0 Å². The van der Waals surface area contributed by atoms with Gasteiger partial charge in [0.1, 0.15) is 5.70 Å². The first-order valence-corrected chi connectivity index (χ1v) is 4.72. The van der Waals surface area contributed by atoms with Gasteiger partial charge in [0, 0.05) is 5.57 Å². The average Bonchev–Trinajstić information content (AvgIpc) is 2.18. The van der Waals surface area contributed by atoms with Crippen LogP contribution >= 0.6 is 0 Å². The second-order valence-electron chi connectivity index (χ2n) is 2.95. The maximum absolute atomic E-state index is 10.5. The number of allylic oxidation sites excluding steroid dienone is 5. The lowest BCUT2D eigenvalue weighted by molar-refractivity contribution is 0.918. The van der Waals surface area contributed by atoms with Crippen molar-refractivity contribution in [2.75, 3.05) is 0 Å². The van der Waals surface area contributed by atoms with Crippen molar-refractivity contribution in [3.63, 3.8) is 0 Å². The van der Waals surface area contributed by atoms with Crippen molar-refractivity contribution < 1.29 is 0 Å². The summed E-state index contributed by atoms with van der Waals surface area (Å²) >= 11 is 0. The first-order chi connectivity index (χ1) is 6.71. The molecule has 0 saturated heterocycles. The Hall–Kier alpha value is -1.44. The van der Waals surface area contributed by atoms with E-state index in [0.29, 0.717) is 5.70 Å². The van der Waals surface area contributed by atoms with Gasteiger partial charge in [-0.1, -0.05) is 38.7 Å². The Labute approximate surface area is 85.7 Å². The molecule has 0 bridgehead atoms. The number of hydrogen-bond donors (Lipinski definition) is 0. The molecule has 0 N–H and O–H groups in total. The first kappa shape index (κ1) is 12.6. The summed E-state index contributed by atoms with van der Waals surface area (Å²) in [5.74, 6) is 0. The van der Waals surface area contributed by atoms with Crippen LogP contribution in [0.5, 0.6) is 0 Å². The second-order valence-corrected chi connectivity index (χ2v) is 2.95. The molecule has 0 heterocycles. The van der Waals surface area contributed by atoms with E-state index in [0.717, 1.165) is 24.0 Å². The van der Waals surface area contributed by atoms with Crippen molar-refractivity contribution in [3.05, 3.63) is 53.1 Å². The standard InChI is InChI=1S/C12H17NO/c1-5-8-10(4)11(9-6-2)12(7-3)13-14/h6-7,9H,3-5,8H2,1-2H3/b9-6-,12-11-. The zero-order valence-corrected chi connectivity index (χ0v) is 8.92. The summed E-state index contributed by atoms with van der Waals surface area (Å²) in [6.07, 6.45) is 7.04. The van der Waals surface area contributed by atoms with E-state index in [9.17, 15) is 4.91 Å². The van der Waals surface area contributed by atoms with Crippen LogP contribution in [0.1, 0.15) is 26.7 Å². The predicted molar refractivity (Wildman–Crippen MR) is 61.9 cm³/mol. The molecular formula is C12H17NO. The second kappa shape index (κ2) is 7.01. The molecule has 0 atom stereocenters. The molecule has 2 heteroatoms. The maximum atomic E-state index is 10.5. The van der Waals surface area contributed by atoms with Crippen LogP contribution in [0, 0.1) is 4.91 Å². The van der Waals surface area contributed by atoms with E-state index in [2.05, 4.69) is 25.3 Å². The summed E-state index contributed by atoms with van der Waals surface area (Å²) in [5, 5.41) is 2.93. The molecule has 0 aliphatic carbocycles. The van der Waals surface area contributed by atoms with Gasteiger partial charge in [-0.15, -0.1) is 4.91 Å². The molecule has 0 aromatic rings. The molecule has 0 spiro atoms. The summed E-state index contributed by atoms with van der Waals surface area (Å²) < 4.78 is 0. The summed E-state index contributed by atoms with van der Waals surface area (Å²) in [4.78, 5) is 10.5. The van der Waals surface area contributed by atoms with Crippen molar-refractivity contribution in [2.45, 2.75) is 26.7 Å². The van der Waals surface area contributed by atoms with Gasteiger partial charge in [-0.05, 0) is 30.2 Å². The van der Waals surface area contributed by atoms with E-state index in [-0.39, 0.29) is 0 Å². The number of hydrogen-bond acceptors (Lipinski definition) is 2. The fraction of sp³-hybridized carbons (Fsp3) is 0.333. The summed E-state index contributed by atoms with van der Waals surface area (Å²) in [5.41, 5.74) is 2.08. The molecular weight excluding hydrogens is 174 g/mol. The molecule has 2 nitrogen and oxygen atoms in total. The Morgan fingerprint density at radius 1 is 1.50 bits per heavy atom. The third-order valence-electron chi connectivity index (χ3n) is 1.83. The fourth-order valence-corrected chi connectivity index (χ4v) is 1.18. The minimum absolute atomic E-state index is 0.363. The van der Waals surface area contributed by atoms with Crippen LogP contribution in [-0.2, 0) is 0 Å². The van der Waals surface area contributed by atoms with Gasteiger partial charge in [0.05, 0.1) is 0 Å². The van der Waals surface area contributed by atoms with Gasteiger partial charge in [0.15, 0.2) is 0 Å². The number of rotatable bonds is 6. The minimum Gasteiger partial charge on any atom is -0.145 e. The molecule has 0 amide bonds. The van der Waals surface area contributed by atoms with Crippen molar-refractivity contribution in [1.29, 1.82) is 0 Å². The van der Waals surface area contributed by atoms with Gasteiger partial charge in [-0.25, -0.2) is 0 Å². The largest absolute Gasteiger partial charge is 0.145 e. The molecule has 0 saturated carbocycles. The van der Waals surface area contributed by atoms with E-state index in [1.54, 1.807) is 0 Å². The van der Waals surface area contributed by atoms with Crippen molar-refractivity contribution in [3.8, 4) is 0 Å². The normalized spacial score (nSPS) is 12.4. The van der Waals surface area contributed by atoms with Gasteiger partial charge in [-0.3, -0.25) is 0 Å². The number of nitroso groups, excluding NO2 is 1. The van der Waals surface area contributed by atoms with Gasteiger partial charge in [-0.2, -0.15) is 0 Å². The zero-order valence-electron chi connectivity index (χ0n) is 8.92. The van der Waals surface area contributed by atoms with Crippen LogP contribution < -0.4 is 0 Å². The van der Waals surface area contributed by atoms with Crippen LogP contribution in [0.2, 0.25) is 0 Å². The van der Waals surface area contributed by atoms with E-state index >= 15 is 0 Å². The molecule has 76 valence electrons. The molecule has 0 rings (SSSR count). The van der Waals surface area contributed by atoms with Crippen LogP contribution in [-0.4, -0.2) is 0 Å². The van der Waals surface area contributed by atoms with Crippen LogP contribution in [0.4, 0.5) is 0 Å². The molecule has 0 aromatic heterocycles. The van der Waals surface area contributed by atoms with E-state index in [1.165, 1.54) is 6.08 Å². The SMILES string of the molecule is C=C/C(N=O)=C(\C=C/C)C(=C)CCC. The lowest BCUT2D eigenvalue weighted by atomic mass is 10.0. The molecule has 14 heavy (non-hydrogen) atoms. The molecule has 0 unspecified atom stereocenters. The van der Waals surface area contributed by atoms with Crippen LogP contribution in [0.15, 0.2) is 53.4 Å². The Morgan fingerprint density at radius 3 is 2.50 bits per heavy atom. The third kappa shape index (κ3) is 3.52. The topological polar surface area (TPSA) is 29.4 Å². The van der Waals surface area contributed by atoms with Crippen LogP contribution in [0.25, 0.3) is 0 Å². The summed E-state index contributed by atoms with van der Waals surface area (Å²) in [6, 6.07) is 0. The van der Waals surface area contributed by atoms with Gasteiger partial charge in [0.2, 0.25) is 0 Å². The zero-order chi connectivity index (χ0) is 11.0. The van der Waals surface area contributed by atoms with Crippen molar-refractivity contribution >= 4 is 0 Å². The lowest BCUT2D eigenvalue weighted by Crippen LogP contribution is -1.89. The third-order valence-corrected chi connectivity index (χ3v) is 1.83. The van der Waals surface area contributed by atoms with Crippen molar-refractivity contribution in [2.24, 2.45) is 5.18 Å².